The van der Waals surface area contributed by atoms with Crippen molar-refractivity contribution in [2.75, 3.05) is 12.4 Å². The minimum absolute atomic E-state index is 0.206. The van der Waals surface area contributed by atoms with Crippen LogP contribution in [0.15, 0.2) is 84.9 Å². The van der Waals surface area contributed by atoms with Crippen LogP contribution in [0.5, 0.6) is 17.2 Å². The highest BCUT2D eigenvalue weighted by Crippen LogP contribution is 2.43. The highest BCUT2D eigenvalue weighted by atomic mass is 32.2. The van der Waals surface area contributed by atoms with E-state index in [4.69, 9.17) is 13.7 Å². The molecule has 5 rings (SSSR count). The molecule has 0 aromatic heterocycles. The molecular formula is C34H34FNO4S. The Balaban J connectivity index is 1.52. The van der Waals surface area contributed by atoms with E-state index in [1.165, 1.54) is 12.1 Å². The Bertz CT molecular complexity index is 1630. The number of methoxy groups -OCH3 is 1. The third-order valence-electron chi connectivity index (χ3n) is 7.04. The summed E-state index contributed by atoms with van der Waals surface area (Å²) in [4.78, 5) is 0. The number of hydrogen-bond acceptors (Lipinski definition) is 5. The second-order valence-electron chi connectivity index (χ2n) is 10.8. The van der Waals surface area contributed by atoms with Gasteiger partial charge >= 0.3 is 0 Å². The van der Waals surface area contributed by atoms with Gasteiger partial charge in [-0.3, -0.25) is 0 Å². The Morgan fingerprint density at radius 2 is 1.66 bits per heavy atom. The third-order valence-corrected chi connectivity index (χ3v) is 7.99. The molecule has 5 nitrogen and oxygen atoms in total. The van der Waals surface area contributed by atoms with Gasteiger partial charge in [0.1, 0.15) is 29.7 Å². The van der Waals surface area contributed by atoms with Gasteiger partial charge in [0.25, 0.3) is 0 Å². The van der Waals surface area contributed by atoms with Gasteiger partial charge in [-0.05, 0) is 74.2 Å². The van der Waals surface area contributed by atoms with Crippen molar-refractivity contribution in [2.24, 2.45) is 0 Å². The van der Waals surface area contributed by atoms with Gasteiger partial charge < -0.3 is 19.0 Å². The molecule has 0 radical (unpaired) electrons. The van der Waals surface area contributed by atoms with E-state index in [1.807, 2.05) is 49.4 Å². The van der Waals surface area contributed by atoms with Crippen LogP contribution in [-0.4, -0.2) is 16.9 Å². The number of benzene rings is 4. The first-order chi connectivity index (χ1) is 19.6. The number of allylic oxidation sites excluding steroid dienone is 1. The fourth-order valence-electron chi connectivity index (χ4n) is 5.27. The van der Waals surface area contributed by atoms with Gasteiger partial charge in [-0.1, -0.05) is 48.5 Å². The monoisotopic (exact) mass is 571 g/mol. The number of hydrogen-bond donors (Lipinski definition) is 1. The van der Waals surface area contributed by atoms with E-state index >= 15 is 0 Å². The minimum Gasteiger partial charge on any atom is -0.496 e. The van der Waals surface area contributed by atoms with Crippen molar-refractivity contribution in [1.82, 2.24) is 0 Å². The standard InChI is InChI=1S/C34H34FNO4S/c1-22-11-12-25(35)17-31(22)39-20-29-27(15-16-30-33(29)23(2)19-34(3,4)36-30)28-14-13-26(18-32(28)38-5)40-41(37)21-24-9-7-6-8-10-24/h6-19,36H,20-21H2,1-5H3. The highest BCUT2D eigenvalue weighted by Gasteiger charge is 2.27. The molecule has 1 heterocycles. The number of aryl methyl sites for hydroxylation is 1. The molecule has 212 valence electrons. The Hall–Kier alpha value is -4.10. The predicted molar refractivity (Wildman–Crippen MR) is 164 cm³/mol. The van der Waals surface area contributed by atoms with Crippen molar-refractivity contribution < 1.29 is 22.3 Å². The van der Waals surface area contributed by atoms with Crippen molar-refractivity contribution in [1.29, 1.82) is 0 Å². The smallest absolute Gasteiger partial charge is 0.211 e. The normalized spacial score (nSPS) is 14.3. The van der Waals surface area contributed by atoms with Crippen LogP contribution >= 0.6 is 0 Å². The molecule has 0 amide bonds. The molecule has 1 aliphatic rings. The summed E-state index contributed by atoms with van der Waals surface area (Å²) in [6.45, 7) is 8.47. The van der Waals surface area contributed by atoms with E-state index in [-0.39, 0.29) is 23.7 Å². The Kier molecular flexibility index (Phi) is 8.18. The lowest BCUT2D eigenvalue weighted by Gasteiger charge is -2.33. The molecule has 0 saturated carbocycles. The summed E-state index contributed by atoms with van der Waals surface area (Å²) in [7, 11) is 1.60. The first-order valence-electron chi connectivity index (χ1n) is 13.5. The van der Waals surface area contributed by atoms with E-state index < -0.39 is 11.1 Å². The van der Waals surface area contributed by atoms with E-state index in [0.29, 0.717) is 17.2 Å². The average molecular weight is 572 g/mol. The molecule has 7 heteroatoms. The first-order valence-corrected chi connectivity index (χ1v) is 14.7. The number of ether oxygens (including phenoxy) is 2. The summed E-state index contributed by atoms with van der Waals surface area (Å²) >= 11 is -1.55. The lowest BCUT2D eigenvalue weighted by atomic mass is 9.85. The summed E-state index contributed by atoms with van der Waals surface area (Å²) in [6.07, 6.45) is 2.20. The summed E-state index contributed by atoms with van der Waals surface area (Å²) in [5.41, 5.74) is 7.45. The van der Waals surface area contributed by atoms with Crippen LogP contribution in [0.25, 0.3) is 16.7 Å². The molecule has 1 aliphatic heterocycles. The summed E-state index contributed by atoms with van der Waals surface area (Å²) in [5.74, 6) is 1.46. The number of nitrogens with one attached hydrogen (secondary N) is 1. The largest absolute Gasteiger partial charge is 0.496 e. The van der Waals surface area contributed by atoms with Crippen LogP contribution < -0.4 is 19.0 Å². The number of halogens is 1. The number of anilines is 1. The number of rotatable bonds is 9. The van der Waals surface area contributed by atoms with E-state index in [1.54, 1.807) is 25.3 Å². The first kappa shape index (κ1) is 28.4. The zero-order chi connectivity index (χ0) is 29.1. The highest BCUT2D eigenvalue weighted by molar-refractivity contribution is 7.79. The second-order valence-corrected chi connectivity index (χ2v) is 11.8. The van der Waals surface area contributed by atoms with Crippen LogP contribution in [0.3, 0.4) is 0 Å². The molecule has 4 aromatic carbocycles. The fraction of sp³-hybridized carbons (Fsp3) is 0.235. The molecule has 4 aromatic rings. The summed E-state index contributed by atoms with van der Waals surface area (Å²) in [5, 5.41) is 3.61. The maximum absolute atomic E-state index is 14.0. The average Bonchev–Trinajstić information content (AvgIpc) is 2.93. The molecule has 1 N–H and O–H groups in total. The lowest BCUT2D eigenvalue weighted by molar-refractivity contribution is 0.302. The maximum Gasteiger partial charge on any atom is 0.211 e. The van der Waals surface area contributed by atoms with Gasteiger partial charge in [0.2, 0.25) is 11.1 Å². The molecule has 41 heavy (non-hydrogen) atoms. The molecule has 0 fully saturated rings. The molecule has 1 unspecified atom stereocenters. The van der Waals surface area contributed by atoms with Crippen molar-refractivity contribution in [3.63, 3.8) is 0 Å². The maximum atomic E-state index is 14.0. The molecule has 0 bridgehead atoms. The van der Waals surface area contributed by atoms with Crippen molar-refractivity contribution in [3.05, 3.63) is 113 Å². The summed E-state index contributed by atoms with van der Waals surface area (Å²) < 4.78 is 44.5. The van der Waals surface area contributed by atoms with Gasteiger partial charge in [-0.2, -0.15) is 0 Å². The van der Waals surface area contributed by atoms with Crippen LogP contribution in [0.1, 0.15) is 43.0 Å². The third kappa shape index (κ3) is 6.46. The fourth-order valence-corrected chi connectivity index (χ4v) is 6.12. The minimum atomic E-state index is -1.55. The zero-order valence-electron chi connectivity index (χ0n) is 23.9. The molecule has 0 aliphatic carbocycles. The second kappa shape index (κ2) is 11.8. The van der Waals surface area contributed by atoms with Crippen LogP contribution in [0.2, 0.25) is 0 Å². The Labute approximate surface area is 243 Å². The van der Waals surface area contributed by atoms with Crippen molar-refractivity contribution in [3.8, 4) is 28.4 Å². The zero-order valence-corrected chi connectivity index (χ0v) is 24.7. The van der Waals surface area contributed by atoms with Crippen LogP contribution in [0.4, 0.5) is 10.1 Å². The van der Waals surface area contributed by atoms with Gasteiger partial charge in [-0.15, -0.1) is 0 Å². The predicted octanol–water partition coefficient (Wildman–Crippen LogP) is 8.24. The molecule has 0 spiro atoms. The van der Waals surface area contributed by atoms with E-state index in [9.17, 15) is 8.60 Å². The Morgan fingerprint density at radius 3 is 2.41 bits per heavy atom. The van der Waals surface area contributed by atoms with Crippen LogP contribution in [0, 0.1) is 12.7 Å². The van der Waals surface area contributed by atoms with Gasteiger partial charge in [-0.25, -0.2) is 8.60 Å². The SMILES string of the molecule is COc1cc(OS(=O)Cc2ccccc2)ccc1-c1ccc2c(c1COc1cc(F)ccc1C)C(C)=CC(C)(C)N2. The van der Waals surface area contributed by atoms with E-state index in [2.05, 4.69) is 38.2 Å². The van der Waals surface area contributed by atoms with Crippen molar-refractivity contribution >= 4 is 22.3 Å². The van der Waals surface area contributed by atoms with Gasteiger partial charge in [0.05, 0.1) is 18.4 Å². The van der Waals surface area contributed by atoms with Gasteiger partial charge in [0.15, 0.2) is 0 Å². The quantitative estimate of drug-likeness (QED) is 0.219. The topological polar surface area (TPSA) is 56.8 Å². The lowest BCUT2D eigenvalue weighted by Crippen LogP contribution is -2.32. The van der Waals surface area contributed by atoms with Crippen molar-refractivity contribution in [2.45, 2.75) is 45.6 Å². The molecular weight excluding hydrogens is 537 g/mol. The number of fused-ring (bicyclic) bond motifs is 1. The van der Waals surface area contributed by atoms with E-state index in [0.717, 1.165) is 44.6 Å². The molecule has 1 atom stereocenters. The van der Waals surface area contributed by atoms with Crippen LogP contribution in [-0.2, 0) is 23.4 Å². The summed E-state index contributed by atoms with van der Waals surface area (Å²) in [6, 6.07) is 23.7. The Morgan fingerprint density at radius 1 is 0.902 bits per heavy atom. The van der Waals surface area contributed by atoms with Gasteiger partial charge in [0, 0.05) is 34.5 Å². The molecule has 0 saturated heterocycles.